The largest absolute Gasteiger partial charge is 0.488 e. The lowest BCUT2D eigenvalue weighted by Crippen LogP contribution is -2.29. The molecule has 0 bridgehead atoms. The third-order valence-electron chi connectivity index (χ3n) is 6.05. The van der Waals surface area contributed by atoms with E-state index in [0.29, 0.717) is 11.6 Å². The van der Waals surface area contributed by atoms with Gasteiger partial charge in [-0.2, -0.15) is 14.2 Å². The molecule has 3 aromatic heterocycles. The molecule has 1 aliphatic rings. The van der Waals surface area contributed by atoms with E-state index in [0.717, 1.165) is 41.7 Å². The highest BCUT2D eigenvalue weighted by atomic mass is 19.2. The van der Waals surface area contributed by atoms with Gasteiger partial charge in [0.15, 0.2) is 17.4 Å². The molecule has 4 aromatic rings. The molecule has 0 aliphatic carbocycles. The fraction of sp³-hybridized carbons (Fsp3) is 0.348. The number of methoxy groups -OCH3 is 1. The Hall–Kier alpha value is -3.97. The summed E-state index contributed by atoms with van der Waals surface area (Å²) >= 11 is 0. The summed E-state index contributed by atoms with van der Waals surface area (Å²) in [7, 11) is 1.48. The quantitative estimate of drug-likeness (QED) is 0.352. The SMILES string of the molecule is COCCOc1ccc(-n2nnnc2-c2cc(-c3cnn(C4CCNCC4)c3)cnc2N)c(F)c1F. The third-order valence-corrected chi connectivity index (χ3v) is 6.05. The van der Waals surface area contributed by atoms with Crippen molar-refractivity contribution in [1.29, 1.82) is 0 Å². The van der Waals surface area contributed by atoms with Gasteiger partial charge >= 0.3 is 0 Å². The van der Waals surface area contributed by atoms with E-state index in [2.05, 4.69) is 30.9 Å². The first-order valence-corrected chi connectivity index (χ1v) is 11.5. The lowest BCUT2D eigenvalue weighted by atomic mass is 10.1. The van der Waals surface area contributed by atoms with Gasteiger partial charge in [-0.1, -0.05) is 0 Å². The van der Waals surface area contributed by atoms with Crippen LogP contribution in [0, 0.1) is 11.6 Å². The summed E-state index contributed by atoms with van der Waals surface area (Å²) in [6.45, 7) is 2.21. The predicted octanol–water partition coefficient (Wildman–Crippen LogP) is 2.40. The molecule has 5 rings (SSSR count). The Morgan fingerprint density at radius 1 is 1.11 bits per heavy atom. The molecule has 0 radical (unpaired) electrons. The Balaban J connectivity index is 1.47. The van der Waals surface area contributed by atoms with E-state index >= 15 is 0 Å². The van der Waals surface area contributed by atoms with Crippen molar-refractivity contribution in [1.82, 2.24) is 40.3 Å². The van der Waals surface area contributed by atoms with Gasteiger partial charge in [-0.25, -0.2) is 9.37 Å². The van der Waals surface area contributed by atoms with Gasteiger partial charge in [0.2, 0.25) is 5.82 Å². The summed E-state index contributed by atoms with van der Waals surface area (Å²) < 4.78 is 42.8. The Kier molecular flexibility index (Phi) is 6.82. The van der Waals surface area contributed by atoms with Crippen molar-refractivity contribution < 1.29 is 18.3 Å². The van der Waals surface area contributed by atoms with Crippen LogP contribution in [0.2, 0.25) is 0 Å². The normalized spacial score (nSPS) is 14.3. The van der Waals surface area contributed by atoms with Crippen molar-refractivity contribution in [2.24, 2.45) is 0 Å². The number of halogens is 2. The van der Waals surface area contributed by atoms with Gasteiger partial charge in [0.05, 0.1) is 24.4 Å². The number of hydrogen-bond acceptors (Lipinski definition) is 9. The summed E-state index contributed by atoms with van der Waals surface area (Å²) in [6, 6.07) is 4.72. The maximum Gasteiger partial charge on any atom is 0.202 e. The summed E-state index contributed by atoms with van der Waals surface area (Å²) in [4.78, 5) is 4.29. The zero-order chi connectivity index (χ0) is 25.1. The van der Waals surface area contributed by atoms with Gasteiger partial charge in [-0.15, -0.1) is 5.10 Å². The zero-order valence-electron chi connectivity index (χ0n) is 19.6. The van der Waals surface area contributed by atoms with Crippen molar-refractivity contribution in [2.75, 3.05) is 39.1 Å². The van der Waals surface area contributed by atoms with Crippen LogP contribution in [0.25, 0.3) is 28.2 Å². The van der Waals surface area contributed by atoms with Crippen molar-refractivity contribution in [3.05, 3.63) is 48.4 Å². The topological polar surface area (TPSA) is 131 Å². The molecule has 0 spiro atoms. The number of nitrogens with zero attached hydrogens (tertiary/aromatic N) is 7. The molecule has 0 unspecified atom stereocenters. The van der Waals surface area contributed by atoms with Crippen LogP contribution >= 0.6 is 0 Å². The fourth-order valence-corrected chi connectivity index (χ4v) is 4.12. The number of piperidine rings is 1. The Morgan fingerprint density at radius 2 is 1.94 bits per heavy atom. The van der Waals surface area contributed by atoms with E-state index in [1.807, 2.05) is 10.9 Å². The molecule has 13 heteroatoms. The second kappa shape index (κ2) is 10.3. The fourth-order valence-electron chi connectivity index (χ4n) is 4.12. The van der Waals surface area contributed by atoms with E-state index in [9.17, 15) is 8.78 Å². The van der Waals surface area contributed by atoms with Crippen LogP contribution < -0.4 is 15.8 Å². The number of nitrogens with two attached hydrogens (primary N) is 1. The molecular weight excluding hydrogens is 472 g/mol. The van der Waals surface area contributed by atoms with Gasteiger partial charge in [-0.05, 0) is 54.6 Å². The molecule has 1 fully saturated rings. The van der Waals surface area contributed by atoms with Crippen LogP contribution in [-0.2, 0) is 4.74 Å². The highest BCUT2D eigenvalue weighted by Gasteiger charge is 2.22. The highest BCUT2D eigenvalue weighted by molar-refractivity contribution is 5.76. The van der Waals surface area contributed by atoms with Crippen LogP contribution in [0.15, 0.2) is 36.8 Å². The first-order valence-electron chi connectivity index (χ1n) is 11.5. The summed E-state index contributed by atoms with van der Waals surface area (Å²) in [5.74, 6) is -2.31. The minimum atomic E-state index is -1.16. The molecule has 4 heterocycles. The number of hydrogen-bond donors (Lipinski definition) is 2. The zero-order valence-corrected chi connectivity index (χ0v) is 19.6. The molecule has 0 atom stereocenters. The summed E-state index contributed by atoms with van der Waals surface area (Å²) in [5.41, 5.74) is 7.89. The second-order valence-electron chi connectivity index (χ2n) is 8.31. The number of aromatic nitrogens is 7. The third kappa shape index (κ3) is 4.62. The van der Waals surface area contributed by atoms with Crippen LogP contribution in [0.5, 0.6) is 5.75 Å². The van der Waals surface area contributed by atoms with E-state index in [1.54, 1.807) is 18.5 Å². The van der Waals surface area contributed by atoms with Crippen LogP contribution in [-0.4, -0.2) is 68.4 Å². The van der Waals surface area contributed by atoms with Gasteiger partial charge in [0.25, 0.3) is 0 Å². The van der Waals surface area contributed by atoms with Gasteiger partial charge in [0, 0.05) is 30.6 Å². The molecule has 36 heavy (non-hydrogen) atoms. The van der Waals surface area contributed by atoms with Gasteiger partial charge in [-0.3, -0.25) is 4.68 Å². The molecule has 0 saturated carbocycles. The number of benzene rings is 1. The van der Waals surface area contributed by atoms with Crippen LogP contribution in [0.1, 0.15) is 18.9 Å². The minimum absolute atomic E-state index is 0.0750. The van der Waals surface area contributed by atoms with E-state index in [-0.39, 0.29) is 36.3 Å². The smallest absolute Gasteiger partial charge is 0.202 e. The lowest BCUT2D eigenvalue weighted by molar-refractivity contribution is 0.143. The minimum Gasteiger partial charge on any atom is -0.488 e. The molecular formula is C23H25F2N9O2. The summed E-state index contributed by atoms with van der Waals surface area (Å²) in [5, 5.41) is 19.4. The number of ether oxygens (including phenoxy) is 2. The highest BCUT2D eigenvalue weighted by Crippen LogP contribution is 2.32. The maximum absolute atomic E-state index is 15.0. The van der Waals surface area contributed by atoms with Crippen molar-refractivity contribution >= 4 is 5.82 Å². The number of rotatable bonds is 8. The number of nitrogen functional groups attached to an aromatic ring is 1. The Morgan fingerprint density at radius 3 is 2.75 bits per heavy atom. The average Bonchev–Trinajstić information content (AvgIpc) is 3.58. The lowest BCUT2D eigenvalue weighted by Gasteiger charge is -2.22. The first-order chi connectivity index (χ1) is 17.6. The number of nitrogens with one attached hydrogen (secondary N) is 1. The summed E-state index contributed by atoms with van der Waals surface area (Å²) in [6.07, 6.45) is 7.36. The van der Waals surface area contributed by atoms with Gasteiger partial charge in [0.1, 0.15) is 18.1 Å². The molecule has 11 nitrogen and oxygen atoms in total. The monoisotopic (exact) mass is 497 g/mol. The Bertz CT molecular complexity index is 1350. The molecule has 0 amide bonds. The maximum atomic E-state index is 15.0. The van der Waals surface area contributed by atoms with Gasteiger partial charge < -0.3 is 20.5 Å². The van der Waals surface area contributed by atoms with Crippen molar-refractivity contribution in [3.8, 4) is 34.0 Å². The molecule has 1 aromatic carbocycles. The second-order valence-corrected chi connectivity index (χ2v) is 8.31. The van der Waals surface area contributed by atoms with E-state index in [1.165, 1.54) is 19.2 Å². The Labute approximate surface area is 205 Å². The predicted molar refractivity (Wildman–Crippen MR) is 126 cm³/mol. The first kappa shape index (κ1) is 23.8. The number of pyridine rings is 1. The van der Waals surface area contributed by atoms with E-state index < -0.39 is 11.6 Å². The molecule has 1 saturated heterocycles. The standard InChI is InChI=1S/C23H25F2N9O2/c1-35-8-9-36-19-3-2-18(20(24)21(19)25)34-23(30-31-32-34)17-10-14(11-28-22(17)26)15-12-29-33(13-15)16-4-6-27-7-5-16/h2-3,10-13,16,27H,4-9H2,1H3,(H2,26,28). The average molecular weight is 498 g/mol. The van der Waals surface area contributed by atoms with Crippen LogP contribution in [0.3, 0.4) is 0 Å². The van der Waals surface area contributed by atoms with E-state index in [4.69, 9.17) is 15.2 Å². The molecule has 1 aliphatic heterocycles. The van der Waals surface area contributed by atoms with Crippen molar-refractivity contribution in [3.63, 3.8) is 0 Å². The number of tetrazole rings is 1. The van der Waals surface area contributed by atoms with Crippen LogP contribution in [0.4, 0.5) is 14.6 Å². The molecule has 188 valence electrons. The number of anilines is 1. The molecule has 3 N–H and O–H groups in total. The van der Waals surface area contributed by atoms with Crippen molar-refractivity contribution in [2.45, 2.75) is 18.9 Å².